The Kier molecular flexibility index (Phi) is 8.66. The molecule has 6 heteroatoms. The molecule has 0 spiro atoms. The zero-order valence-corrected chi connectivity index (χ0v) is 10.2. The van der Waals surface area contributed by atoms with Crippen molar-refractivity contribution in [3.8, 4) is 0 Å². The lowest BCUT2D eigenvalue weighted by atomic mass is 10.2. The summed E-state index contributed by atoms with van der Waals surface area (Å²) in [5.74, 6) is 0.932. The van der Waals surface area contributed by atoms with Gasteiger partial charge in [0.05, 0.1) is 12.4 Å². The van der Waals surface area contributed by atoms with E-state index in [0.29, 0.717) is 6.54 Å². The second-order valence-corrected chi connectivity index (χ2v) is 5.90. The van der Waals surface area contributed by atoms with Gasteiger partial charge in [0, 0.05) is 6.54 Å². The third kappa shape index (κ3) is 8.80. The molecule has 0 saturated heterocycles. The van der Waals surface area contributed by atoms with E-state index in [1.54, 1.807) is 11.8 Å². The van der Waals surface area contributed by atoms with Crippen LogP contribution in [0.2, 0.25) is 0 Å². The molecule has 2 N–H and O–H groups in total. The summed E-state index contributed by atoms with van der Waals surface area (Å²) in [5.41, 5.74) is 0. The van der Waals surface area contributed by atoms with Crippen LogP contribution in [0.25, 0.3) is 0 Å². The number of aliphatic hydroxyl groups is 1. The van der Waals surface area contributed by atoms with Gasteiger partial charge in [-0.15, -0.1) is 0 Å². The molecule has 86 valence electrons. The van der Waals surface area contributed by atoms with Crippen LogP contribution >= 0.6 is 11.8 Å². The summed E-state index contributed by atoms with van der Waals surface area (Å²) >= 11 is 1.80. The van der Waals surface area contributed by atoms with Crippen molar-refractivity contribution in [2.24, 2.45) is 0 Å². The van der Waals surface area contributed by atoms with Crippen LogP contribution in [0.1, 0.15) is 19.3 Å². The predicted molar refractivity (Wildman–Crippen MR) is 61.1 cm³/mol. The van der Waals surface area contributed by atoms with Crippen molar-refractivity contribution in [1.82, 2.24) is 4.72 Å². The Hall–Kier alpha value is 0.220. The average Bonchev–Trinajstić information content (AvgIpc) is 2.11. The summed E-state index contributed by atoms with van der Waals surface area (Å²) < 4.78 is 24.5. The van der Waals surface area contributed by atoms with E-state index in [2.05, 4.69) is 11.0 Å². The highest BCUT2D eigenvalue weighted by atomic mass is 32.2. The minimum Gasteiger partial charge on any atom is -0.395 e. The maximum absolute atomic E-state index is 11.0. The zero-order chi connectivity index (χ0) is 10.9. The standard InChI is InChI=1S/C8H19NO3S2/c1-13-7-4-2-3-5-9-14(11,12)8-6-10/h9-10H,2-8H2,1H3. The van der Waals surface area contributed by atoms with Gasteiger partial charge in [0.1, 0.15) is 0 Å². The predicted octanol–water partition coefficient (Wildman–Crippen LogP) is 0.431. The van der Waals surface area contributed by atoms with Gasteiger partial charge in [0.25, 0.3) is 0 Å². The number of nitrogens with one attached hydrogen (secondary N) is 1. The Morgan fingerprint density at radius 2 is 2.00 bits per heavy atom. The van der Waals surface area contributed by atoms with Crippen LogP contribution in [-0.4, -0.2) is 44.4 Å². The highest BCUT2D eigenvalue weighted by molar-refractivity contribution is 7.98. The van der Waals surface area contributed by atoms with Crippen LogP contribution in [0.5, 0.6) is 0 Å². The largest absolute Gasteiger partial charge is 0.395 e. The molecule has 0 aliphatic carbocycles. The molecule has 0 aromatic heterocycles. The third-order valence-electron chi connectivity index (χ3n) is 1.71. The van der Waals surface area contributed by atoms with Crippen LogP contribution < -0.4 is 4.72 Å². The Bertz CT molecular complexity index is 217. The number of thioether (sulfide) groups is 1. The first kappa shape index (κ1) is 14.2. The lowest BCUT2D eigenvalue weighted by Crippen LogP contribution is -2.28. The molecule has 0 aromatic rings. The molecule has 0 saturated carbocycles. The Labute approximate surface area is 90.5 Å². The fraction of sp³-hybridized carbons (Fsp3) is 1.00. The van der Waals surface area contributed by atoms with Crippen LogP contribution in [0.15, 0.2) is 0 Å². The maximum Gasteiger partial charge on any atom is 0.213 e. The van der Waals surface area contributed by atoms with Gasteiger partial charge in [-0.25, -0.2) is 13.1 Å². The molecule has 0 amide bonds. The molecule has 4 nitrogen and oxygen atoms in total. The molecule has 0 aromatic carbocycles. The molecule has 0 unspecified atom stereocenters. The summed E-state index contributed by atoms with van der Waals surface area (Å²) in [6.45, 7) is 0.165. The first-order valence-electron chi connectivity index (χ1n) is 4.69. The van der Waals surface area contributed by atoms with Crippen molar-refractivity contribution >= 4 is 21.8 Å². The summed E-state index contributed by atoms with van der Waals surface area (Å²) in [7, 11) is -3.23. The number of hydrogen-bond acceptors (Lipinski definition) is 4. The van der Waals surface area contributed by atoms with E-state index >= 15 is 0 Å². The minimum absolute atomic E-state index is 0.197. The molecule has 0 radical (unpaired) electrons. The fourth-order valence-corrected chi connectivity index (χ4v) is 2.30. The van der Waals surface area contributed by atoms with Crippen molar-refractivity contribution in [2.75, 3.05) is 30.9 Å². The average molecular weight is 241 g/mol. The topological polar surface area (TPSA) is 66.4 Å². The van der Waals surface area contributed by atoms with Crippen LogP contribution in [0.4, 0.5) is 0 Å². The van der Waals surface area contributed by atoms with Crippen molar-refractivity contribution in [2.45, 2.75) is 19.3 Å². The first-order valence-corrected chi connectivity index (χ1v) is 7.74. The Balaban J connectivity index is 3.35. The highest BCUT2D eigenvalue weighted by Gasteiger charge is 2.06. The molecule has 0 heterocycles. The molecular formula is C8H19NO3S2. The van der Waals surface area contributed by atoms with E-state index in [0.717, 1.165) is 25.0 Å². The van der Waals surface area contributed by atoms with E-state index in [1.807, 2.05) is 0 Å². The van der Waals surface area contributed by atoms with Gasteiger partial charge in [0.15, 0.2) is 0 Å². The quantitative estimate of drug-likeness (QED) is 0.575. The third-order valence-corrected chi connectivity index (χ3v) is 3.77. The van der Waals surface area contributed by atoms with E-state index in [4.69, 9.17) is 5.11 Å². The SMILES string of the molecule is CSCCCCCNS(=O)(=O)CCO. The number of rotatable bonds is 9. The molecule has 0 atom stereocenters. The first-order chi connectivity index (χ1) is 6.62. The van der Waals surface area contributed by atoms with Crippen LogP contribution in [0.3, 0.4) is 0 Å². The van der Waals surface area contributed by atoms with E-state index in [-0.39, 0.29) is 12.4 Å². The summed E-state index contributed by atoms with van der Waals surface area (Å²) in [5, 5.41) is 8.45. The van der Waals surface area contributed by atoms with Gasteiger partial charge >= 0.3 is 0 Å². The fourth-order valence-electron chi connectivity index (χ4n) is 0.968. The second kappa shape index (κ2) is 8.52. The van der Waals surface area contributed by atoms with Crippen molar-refractivity contribution in [1.29, 1.82) is 0 Å². The minimum atomic E-state index is -3.23. The van der Waals surface area contributed by atoms with Gasteiger partial charge in [-0.05, 0) is 24.9 Å². The molecule has 0 aliphatic heterocycles. The smallest absolute Gasteiger partial charge is 0.213 e. The monoisotopic (exact) mass is 241 g/mol. The zero-order valence-electron chi connectivity index (χ0n) is 8.53. The number of sulfonamides is 1. The molecule has 0 bridgehead atoms. The highest BCUT2D eigenvalue weighted by Crippen LogP contribution is 2.01. The van der Waals surface area contributed by atoms with E-state index < -0.39 is 10.0 Å². The molecule has 0 aliphatic rings. The second-order valence-electron chi connectivity index (χ2n) is 2.99. The summed E-state index contributed by atoms with van der Waals surface area (Å²) in [6, 6.07) is 0. The molecular weight excluding hydrogens is 222 g/mol. The van der Waals surface area contributed by atoms with Crippen LogP contribution in [-0.2, 0) is 10.0 Å². The maximum atomic E-state index is 11.0. The molecule has 14 heavy (non-hydrogen) atoms. The van der Waals surface area contributed by atoms with Gasteiger partial charge in [-0.2, -0.15) is 11.8 Å². The van der Waals surface area contributed by atoms with Gasteiger partial charge in [0.2, 0.25) is 10.0 Å². The van der Waals surface area contributed by atoms with Gasteiger partial charge in [-0.1, -0.05) is 6.42 Å². The summed E-state index contributed by atoms with van der Waals surface area (Å²) in [6.07, 6.45) is 5.10. The normalized spacial score (nSPS) is 11.9. The van der Waals surface area contributed by atoms with Gasteiger partial charge < -0.3 is 5.11 Å². The number of unbranched alkanes of at least 4 members (excludes halogenated alkanes) is 2. The Morgan fingerprint density at radius 3 is 2.57 bits per heavy atom. The lowest BCUT2D eigenvalue weighted by molar-refractivity contribution is 0.319. The van der Waals surface area contributed by atoms with Crippen molar-refractivity contribution in [3.05, 3.63) is 0 Å². The lowest BCUT2D eigenvalue weighted by Gasteiger charge is -2.04. The van der Waals surface area contributed by atoms with Crippen molar-refractivity contribution in [3.63, 3.8) is 0 Å². The molecule has 0 rings (SSSR count). The Morgan fingerprint density at radius 1 is 1.29 bits per heavy atom. The molecule has 0 fully saturated rings. The number of hydrogen-bond donors (Lipinski definition) is 2. The van der Waals surface area contributed by atoms with E-state index in [9.17, 15) is 8.42 Å². The van der Waals surface area contributed by atoms with E-state index in [1.165, 1.54) is 0 Å². The van der Waals surface area contributed by atoms with Crippen molar-refractivity contribution < 1.29 is 13.5 Å². The van der Waals surface area contributed by atoms with Gasteiger partial charge in [-0.3, -0.25) is 0 Å². The summed E-state index contributed by atoms with van der Waals surface area (Å²) in [4.78, 5) is 0. The number of aliphatic hydroxyl groups excluding tert-OH is 1. The van der Waals surface area contributed by atoms with Crippen LogP contribution in [0, 0.1) is 0 Å².